The molecular formula is C62H54BN3S. The minimum absolute atomic E-state index is 0.845. The van der Waals surface area contributed by atoms with Crippen LogP contribution in [-0.2, 0) is 12.8 Å². The summed E-state index contributed by atoms with van der Waals surface area (Å²) in [5.74, 6) is 0. The molecule has 0 spiro atoms. The Morgan fingerprint density at radius 2 is 1.16 bits per heavy atom. The molecule has 1 aliphatic rings. The Hall–Kier alpha value is -7.08. The van der Waals surface area contributed by atoms with Gasteiger partial charge >= 0.3 is 0 Å². The fourth-order valence-electron chi connectivity index (χ4n) is 10.9. The summed E-state index contributed by atoms with van der Waals surface area (Å²) in [6, 6.07) is 68.6. The van der Waals surface area contributed by atoms with Gasteiger partial charge in [-0.25, -0.2) is 0 Å². The van der Waals surface area contributed by atoms with Gasteiger partial charge < -0.3 is 14.8 Å². The van der Waals surface area contributed by atoms with Crippen LogP contribution in [0.1, 0.15) is 63.5 Å². The van der Waals surface area contributed by atoms with Crippen molar-refractivity contribution in [2.75, 3.05) is 10.2 Å². The lowest BCUT2D eigenvalue weighted by Gasteiger charge is -2.30. The van der Waals surface area contributed by atoms with E-state index in [1.54, 1.807) is 0 Å². The number of aromatic nitrogens is 1. The zero-order valence-corrected chi connectivity index (χ0v) is 39.3. The number of rotatable bonds is 14. The minimum Gasteiger partial charge on any atom is -0.355 e. The molecule has 0 bridgehead atoms. The maximum absolute atomic E-state index is 4.06. The number of nitrogens with zero attached hydrogens (tertiary/aromatic N) is 2. The van der Waals surface area contributed by atoms with Crippen LogP contribution in [0.15, 0.2) is 182 Å². The zero-order valence-electron chi connectivity index (χ0n) is 38.5. The molecule has 326 valence electrons. The summed E-state index contributed by atoms with van der Waals surface area (Å²) in [6.07, 6.45) is 9.62. The number of unbranched alkanes of at least 4 members (excludes halogenated alkanes) is 4. The van der Waals surface area contributed by atoms with Crippen LogP contribution < -0.4 is 21.1 Å². The van der Waals surface area contributed by atoms with Gasteiger partial charge in [0.1, 0.15) is 0 Å². The quantitative estimate of drug-likeness (QED) is 0.0867. The average molecular weight is 884 g/mol. The van der Waals surface area contributed by atoms with Gasteiger partial charge in [0.2, 0.25) is 0 Å². The van der Waals surface area contributed by atoms with Crippen molar-refractivity contribution in [3.05, 3.63) is 193 Å². The number of anilines is 5. The van der Waals surface area contributed by atoms with Crippen molar-refractivity contribution >= 4 is 111 Å². The van der Waals surface area contributed by atoms with Crippen LogP contribution in [0.25, 0.3) is 69.6 Å². The molecule has 0 unspecified atom stereocenters. The number of aryl methyl sites for hydroxylation is 2. The molecule has 0 radical (unpaired) electrons. The predicted molar refractivity (Wildman–Crippen MR) is 294 cm³/mol. The van der Waals surface area contributed by atoms with Gasteiger partial charge in [-0.15, -0.1) is 11.3 Å². The molecule has 3 heterocycles. The minimum atomic E-state index is 0.845. The van der Waals surface area contributed by atoms with Crippen LogP contribution in [0.4, 0.5) is 28.4 Å². The summed E-state index contributed by atoms with van der Waals surface area (Å²) in [5.41, 5.74) is 17.5. The SMILES string of the molecule is CCCCCc1ccc(Nc2cc3c(cc2-c2cc(N(c4ccccc4)c4ccccc4)c4c5ccccc5n5c4c2Bc2cc(CCCCC)ccc2-5)sc2cc4ccccc4cc23)cc1. The van der Waals surface area contributed by atoms with Gasteiger partial charge in [-0.3, -0.25) is 0 Å². The zero-order chi connectivity index (χ0) is 44.8. The van der Waals surface area contributed by atoms with E-state index in [0.717, 1.165) is 42.9 Å². The van der Waals surface area contributed by atoms with E-state index in [4.69, 9.17) is 0 Å². The third kappa shape index (κ3) is 7.47. The van der Waals surface area contributed by atoms with Gasteiger partial charge in [0.15, 0.2) is 7.28 Å². The molecule has 67 heavy (non-hydrogen) atoms. The van der Waals surface area contributed by atoms with Crippen molar-refractivity contribution in [2.45, 2.75) is 65.2 Å². The highest BCUT2D eigenvalue weighted by molar-refractivity contribution is 7.26. The van der Waals surface area contributed by atoms with E-state index in [0.29, 0.717) is 0 Å². The Balaban J connectivity index is 1.16. The van der Waals surface area contributed by atoms with Gasteiger partial charge in [0.05, 0.1) is 16.7 Å². The van der Waals surface area contributed by atoms with E-state index in [2.05, 4.69) is 211 Å². The Morgan fingerprint density at radius 3 is 1.90 bits per heavy atom. The van der Waals surface area contributed by atoms with Gasteiger partial charge in [-0.2, -0.15) is 0 Å². The summed E-state index contributed by atoms with van der Waals surface area (Å²) >= 11 is 1.91. The summed E-state index contributed by atoms with van der Waals surface area (Å²) in [6.45, 7) is 4.57. The fourth-order valence-corrected chi connectivity index (χ4v) is 12.0. The van der Waals surface area contributed by atoms with Crippen LogP contribution in [0.5, 0.6) is 0 Å². The summed E-state index contributed by atoms with van der Waals surface area (Å²) in [4.78, 5) is 2.49. The van der Waals surface area contributed by atoms with Crippen molar-refractivity contribution in [2.24, 2.45) is 0 Å². The van der Waals surface area contributed by atoms with Crippen LogP contribution in [0.2, 0.25) is 0 Å². The van der Waals surface area contributed by atoms with Crippen LogP contribution in [0.3, 0.4) is 0 Å². The number of thiophene rings is 1. The first kappa shape index (κ1) is 41.4. The largest absolute Gasteiger partial charge is 0.355 e. The molecule has 3 nitrogen and oxygen atoms in total. The number of hydrogen-bond donors (Lipinski definition) is 1. The maximum Gasteiger partial charge on any atom is 0.198 e. The Morgan fingerprint density at radius 1 is 0.537 bits per heavy atom. The number of hydrogen-bond acceptors (Lipinski definition) is 3. The molecule has 1 aliphatic heterocycles. The van der Waals surface area contributed by atoms with Crippen molar-refractivity contribution in [3.63, 3.8) is 0 Å². The second kappa shape index (κ2) is 17.6. The fraction of sp³-hybridized carbons (Fsp3) is 0.161. The summed E-state index contributed by atoms with van der Waals surface area (Å²) in [7, 11) is 0.845. The molecule has 0 amide bonds. The smallest absolute Gasteiger partial charge is 0.198 e. The highest BCUT2D eigenvalue weighted by atomic mass is 32.1. The summed E-state index contributed by atoms with van der Waals surface area (Å²) < 4.78 is 5.21. The first-order valence-electron chi connectivity index (χ1n) is 24.5. The van der Waals surface area contributed by atoms with E-state index < -0.39 is 0 Å². The number of nitrogens with one attached hydrogen (secondary N) is 1. The molecular weight excluding hydrogens is 830 g/mol. The second-order valence-corrected chi connectivity index (χ2v) is 19.7. The molecule has 1 N–H and O–H groups in total. The normalized spacial score (nSPS) is 12.0. The lowest BCUT2D eigenvalue weighted by Crippen LogP contribution is -2.37. The maximum atomic E-state index is 4.06. The third-order valence-electron chi connectivity index (χ3n) is 14.2. The summed E-state index contributed by atoms with van der Waals surface area (Å²) in [5, 5.41) is 11.8. The van der Waals surface area contributed by atoms with Crippen molar-refractivity contribution in [3.8, 4) is 16.8 Å². The Kier molecular flexibility index (Phi) is 10.9. The monoisotopic (exact) mass is 883 g/mol. The van der Waals surface area contributed by atoms with Gasteiger partial charge in [-0.05, 0) is 137 Å². The Labute approximate surface area is 398 Å². The molecule has 0 fully saturated rings. The van der Waals surface area contributed by atoms with Crippen LogP contribution in [-0.4, -0.2) is 11.8 Å². The average Bonchev–Trinajstić information content (AvgIpc) is 3.90. The molecule has 2 aromatic heterocycles. The number of fused-ring (bicyclic) bond motifs is 9. The topological polar surface area (TPSA) is 20.2 Å². The highest BCUT2D eigenvalue weighted by Gasteiger charge is 2.31. The van der Waals surface area contributed by atoms with Crippen LogP contribution in [0, 0.1) is 0 Å². The van der Waals surface area contributed by atoms with Gasteiger partial charge in [0, 0.05) is 64.9 Å². The number of para-hydroxylation sites is 3. The van der Waals surface area contributed by atoms with E-state index in [-0.39, 0.29) is 0 Å². The molecule has 0 atom stereocenters. The van der Waals surface area contributed by atoms with Crippen LogP contribution >= 0.6 is 11.3 Å². The van der Waals surface area contributed by atoms with Crippen molar-refractivity contribution < 1.29 is 0 Å². The third-order valence-corrected chi connectivity index (χ3v) is 15.3. The second-order valence-electron chi connectivity index (χ2n) is 18.6. The molecule has 0 saturated heterocycles. The van der Waals surface area contributed by atoms with Crippen molar-refractivity contribution in [1.82, 2.24) is 4.57 Å². The molecule has 0 aliphatic carbocycles. The highest BCUT2D eigenvalue weighted by Crippen LogP contribution is 2.48. The molecule has 12 rings (SSSR count). The van der Waals surface area contributed by atoms with E-state index in [1.165, 1.54) is 136 Å². The molecule has 11 aromatic rings. The lowest BCUT2D eigenvalue weighted by atomic mass is 9.58. The van der Waals surface area contributed by atoms with Gasteiger partial charge in [-0.1, -0.05) is 148 Å². The lowest BCUT2D eigenvalue weighted by molar-refractivity contribution is 0.717. The Bertz CT molecular complexity index is 3570. The standard InChI is InChI=1S/C62H54BN3S/c1-3-5-9-19-41-29-32-45(33-30-41)64-54-38-51-50-36-43-21-15-16-22-44(43)37-58(50)67-59(51)40-49(54)52-39-57(65(46-23-11-7-12-24-46)47-25-13-8-14-26-47)60-48-27-17-18-28-55(48)66-56-34-31-42(20-10-6-4-2)35-53(56)63-61(52)62(60)66/h7-8,11-18,21-40,63-64H,3-6,9-10,19-20H2,1-2H3. The predicted octanol–water partition coefficient (Wildman–Crippen LogP) is 16.4. The molecule has 5 heteroatoms. The molecule has 9 aromatic carbocycles. The van der Waals surface area contributed by atoms with Gasteiger partial charge in [0.25, 0.3) is 0 Å². The van der Waals surface area contributed by atoms with Crippen molar-refractivity contribution in [1.29, 1.82) is 0 Å². The first-order valence-corrected chi connectivity index (χ1v) is 25.3. The van der Waals surface area contributed by atoms with E-state index >= 15 is 0 Å². The number of benzene rings is 9. The van der Waals surface area contributed by atoms with E-state index in [1.807, 2.05) is 11.3 Å². The molecule has 0 saturated carbocycles. The van der Waals surface area contributed by atoms with E-state index in [9.17, 15) is 0 Å². The first-order chi connectivity index (χ1) is 33.1.